The number of hydrogen-bond donors (Lipinski definition) is 13. The van der Waals surface area contributed by atoms with Crippen LogP contribution in [0, 0.1) is 0 Å². The fourth-order valence-corrected chi connectivity index (χ4v) is 5.74. The van der Waals surface area contributed by atoms with E-state index in [1.807, 2.05) is 0 Å². The average molecular weight is 615 g/mol. The summed E-state index contributed by atoms with van der Waals surface area (Å²) in [4.78, 5) is 0. The van der Waals surface area contributed by atoms with Crippen LogP contribution in [0.4, 0.5) is 0 Å². The molecule has 4 aliphatic rings. The van der Waals surface area contributed by atoms with Crippen molar-refractivity contribution in [2.24, 2.45) is 34.4 Å². The molecule has 42 heavy (non-hydrogen) atoms. The number of aliphatic hydroxyl groups is 7. The summed E-state index contributed by atoms with van der Waals surface area (Å²) in [6, 6.07) is -4.18. The summed E-state index contributed by atoms with van der Waals surface area (Å²) >= 11 is 0. The first-order valence-electron chi connectivity index (χ1n) is 13.9. The maximum absolute atomic E-state index is 11.1. The smallest absolute Gasteiger partial charge is 0.187 e. The van der Waals surface area contributed by atoms with Gasteiger partial charge in [0.05, 0.1) is 24.8 Å². The first-order valence-corrected chi connectivity index (χ1v) is 13.9. The Morgan fingerprint density at radius 3 is 1.45 bits per heavy atom. The summed E-state index contributed by atoms with van der Waals surface area (Å²) in [7, 11) is 0. The SMILES string of the molecule is NCC1OC(O[C@H]2[C@@H](O)[C@H](O[C@@H]3[C@H](O)[C@H](N)CC(N)[C@H]3O[C@H]3OC(CN)[C@@H](O)[C@H](O)[C@@H]3N)O[C@@H]2CO)C(N)C(O)C1O. The van der Waals surface area contributed by atoms with Crippen molar-refractivity contribution in [3.05, 3.63) is 0 Å². The minimum absolute atomic E-state index is 0.0889. The van der Waals surface area contributed by atoms with Gasteiger partial charge in [-0.05, 0) is 6.42 Å². The number of nitrogens with two attached hydrogens (primary N) is 6. The molecule has 0 aromatic carbocycles. The molecule has 4 fully saturated rings. The Kier molecular flexibility index (Phi) is 11.5. The van der Waals surface area contributed by atoms with Gasteiger partial charge >= 0.3 is 0 Å². The summed E-state index contributed by atoms with van der Waals surface area (Å²) in [5.41, 5.74) is 35.6. The van der Waals surface area contributed by atoms with Crippen LogP contribution in [0.15, 0.2) is 0 Å². The molecule has 1 saturated carbocycles. The zero-order valence-corrected chi connectivity index (χ0v) is 22.8. The molecule has 0 radical (unpaired) electrons. The molecule has 19 N–H and O–H groups in total. The lowest BCUT2D eigenvalue weighted by atomic mass is 9.84. The second-order valence-corrected chi connectivity index (χ2v) is 11.2. The largest absolute Gasteiger partial charge is 0.394 e. The molecular formula is C23H46N6O13. The minimum Gasteiger partial charge on any atom is -0.394 e. The van der Waals surface area contributed by atoms with Gasteiger partial charge in [0, 0.05) is 25.2 Å². The Labute approximate surface area is 241 Å². The topological polar surface area (TPSA) is 353 Å². The van der Waals surface area contributed by atoms with E-state index in [2.05, 4.69) is 0 Å². The Hall–Kier alpha value is -0.760. The molecule has 19 atom stereocenters. The fraction of sp³-hybridized carbons (Fsp3) is 1.00. The minimum atomic E-state index is -1.60. The molecule has 0 bridgehead atoms. The van der Waals surface area contributed by atoms with E-state index in [1.165, 1.54) is 0 Å². The Morgan fingerprint density at radius 2 is 0.976 bits per heavy atom. The van der Waals surface area contributed by atoms with Crippen LogP contribution in [0.3, 0.4) is 0 Å². The zero-order chi connectivity index (χ0) is 31.0. The van der Waals surface area contributed by atoms with Gasteiger partial charge in [-0.25, -0.2) is 0 Å². The van der Waals surface area contributed by atoms with E-state index in [-0.39, 0.29) is 19.5 Å². The van der Waals surface area contributed by atoms with Crippen LogP contribution in [0.5, 0.6) is 0 Å². The maximum atomic E-state index is 11.1. The normalized spacial score (nSPS) is 53.8. The predicted octanol–water partition coefficient (Wildman–Crippen LogP) is -8.90. The highest BCUT2D eigenvalue weighted by molar-refractivity contribution is 5.02. The average Bonchev–Trinajstić information content (AvgIpc) is 3.27. The van der Waals surface area contributed by atoms with Gasteiger partial charge in [0.25, 0.3) is 0 Å². The zero-order valence-electron chi connectivity index (χ0n) is 22.8. The van der Waals surface area contributed by atoms with Crippen LogP contribution in [-0.4, -0.2) is 172 Å². The number of aliphatic hydroxyl groups excluding tert-OH is 7. The van der Waals surface area contributed by atoms with E-state index in [0.29, 0.717) is 0 Å². The van der Waals surface area contributed by atoms with Crippen molar-refractivity contribution >= 4 is 0 Å². The number of rotatable bonds is 9. The van der Waals surface area contributed by atoms with Crippen molar-refractivity contribution < 1.29 is 64.2 Å². The molecule has 3 heterocycles. The molecular weight excluding hydrogens is 568 g/mol. The third-order valence-corrected chi connectivity index (χ3v) is 8.37. The number of ether oxygens (including phenoxy) is 6. The molecule has 19 nitrogen and oxygen atoms in total. The van der Waals surface area contributed by atoms with E-state index in [1.54, 1.807) is 0 Å². The quantitative estimate of drug-likeness (QED) is 0.115. The first kappa shape index (κ1) is 34.1. The summed E-state index contributed by atoms with van der Waals surface area (Å²) in [5, 5.41) is 73.0. The van der Waals surface area contributed by atoms with Gasteiger partial charge in [0.1, 0.15) is 67.1 Å². The molecule has 246 valence electrons. The lowest BCUT2D eigenvalue weighted by molar-refractivity contribution is -0.306. The second kappa shape index (κ2) is 14.1. The maximum Gasteiger partial charge on any atom is 0.187 e. The summed E-state index contributed by atoms with van der Waals surface area (Å²) in [6.07, 6.45) is -19.8. The van der Waals surface area contributed by atoms with Gasteiger partial charge < -0.3 is 98.6 Å². The lowest BCUT2D eigenvalue weighted by Crippen LogP contribution is -2.68. The van der Waals surface area contributed by atoms with Crippen molar-refractivity contribution in [2.75, 3.05) is 19.7 Å². The molecule has 1 aliphatic carbocycles. The summed E-state index contributed by atoms with van der Waals surface area (Å²) in [5.74, 6) is 0. The third kappa shape index (κ3) is 6.60. The first-order chi connectivity index (χ1) is 19.8. The Balaban J connectivity index is 1.50. The molecule has 3 saturated heterocycles. The molecule has 0 spiro atoms. The third-order valence-electron chi connectivity index (χ3n) is 8.37. The highest BCUT2D eigenvalue weighted by atomic mass is 16.8. The van der Waals surface area contributed by atoms with Gasteiger partial charge in [-0.15, -0.1) is 0 Å². The lowest BCUT2D eigenvalue weighted by Gasteiger charge is -2.47. The summed E-state index contributed by atoms with van der Waals surface area (Å²) < 4.78 is 34.6. The van der Waals surface area contributed by atoms with Crippen LogP contribution in [0.2, 0.25) is 0 Å². The van der Waals surface area contributed by atoms with Gasteiger partial charge in [-0.2, -0.15) is 0 Å². The Morgan fingerprint density at radius 1 is 0.524 bits per heavy atom. The van der Waals surface area contributed by atoms with Gasteiger partial charge in [-0.1, -0.05) is 0 Å². The molecule has 0 amide bonds. The number of hydrogen-bond acceptors (Lipinski definition) is 19. The molecule has 4 rings (SSSR count). The molecule has 7 unspecified atom stereocenters. The summed E-state index contributed by atoms with van der Waals surface area (Å²) in [6.45, 7) is -0.967. The standard InChI is InChI=1S/C23H46N6O13/c24-2-7-13(32)15(34)10(28)21(37-7)40-18-6(27)1-5(26)12(31)20(18)42-23-17(36)19(9(4-30)39-23)41-22-11(29)16(35)14(33)8(3-25)38-22/h5-23,30-36H,1-4,24-29H2/t5-,6?,7?,8?,9-,10+,11?,12-,13-,14?,15-,16?,17-,18-,19-,20-,21-,22?,23+/m1/s1. The highest BCUT2D eigenvalue weighted by Gasteiger charge is 2.54. The molecule has 3 aliphatic heterocycles. The van der Waals surface area contributed by atoms with E-state index in [9.17, 15) is 35.7 Å². The molecule has 19 heteroatoms. The van der Waals surface area contributed by atoms with Crippen molar-refractivity contribution in [3.63, 3.8) is 0 Å². The monoisotopic (exact) mass is 614 g/mol. The van der Waals surface area contributed by atoms with Crippen LogP contribution in [-0.2, 0) is 28.4 Å². The van der Waals surface area contributed by atoms with Crippen molar-refractivity contribution in [2.45, 2.75) is 123 Å². The van der Waals surface area contributed by atoms with Gasteiger partial charge in [-0.3, -0.25) is 0 Å². The second-order valence-electron chi connectivity index (χ2n) is 11.2. The van der Waals surface area contributed by atoms with Crippen LogP contribution < -0.4 is 34.4 Å². The van der Waals surface area contributed by atoms with Crippen molar-refractivity contribution in [3.8, 4) is 0 Å². The highest BCUT2D eigenvalue weighted by Crippen LogP contribution is 2.34. The van der Waals surface area contributed by atoms with Gasteiger partial charge in [0.2, 0.25) is 0 Å². The van der Waals surface area contributed by atoms with Crippen molar-refractivity contribution in [1.82, 2.24) is 0 Å². The Bertz CT molecular complexity index is 868. The molecule has 0 aromatic rings. The predicted molar refractivity (Wildman–Crippen MR) is 138 cm³/mol. The van der Waals surface area contributed by atoms with E-state index in [4.69, 9.17) is 62.8 Å². The fourth-order valence-electron chi connectivity index (χ4n) is 5.74. The molecule has 0 aromatic heterocycles. The van der Waals surface area contributed by atoms with Crippen LogP contribution in [0.1, 0.15) is 6.42 Å². The van der Waals surface area contributed by atoms with Crippen LogP contribution >= 0.6 is 0 Å². The van der Waals surface area contributed by atoms with E-state index in [0.717, 1.165) is 0 Å². The van der Waals surface area contributed by atoms with E-state index >= 15 is 0 Å². The van der Waals surface area contributed by atoms with Crippen molar-refractivity contribution in [1.29, 1.82) is 0 Å². The van der Waals surface area contributed by atoms with Crippen LogP contribution in [0.25, 0.3) is 0 Å². The van der Waals surface area contributed by atoms with Gasteiger partial charge in [0.15, 0.2) is 18.9 Å². The van der Waals surface area contributed by atoms with E-state index < -0.39 is 123 Å².